The van der Waals surface area contributed by atoms with Crippen LogP contribution in [0.5, 0.6) is 0 Å². The first kappa shape index (κ1) is 13.1. The lowest BCUT2D eigenvalue weighted by Crippen LogP contribution is -2.30. The van der Waals surface area contributed by atoms with Gasteiger partial charge < -0.3 is 14.6 Å². The van der Waals surface area contributed by atoms with Crippen LogP contribution in [0.3, 0.4) is 0 Å². The van der Waals surface area contributed by atoms with Crippen molar-refractivity contribution in [3.63, 3.8) is 0 Å². The molecule has 1 amide bonds. The summed E-state index contributed by atoms with van der Waals surface area (Å²) in [6.07, 6.45) is 0.824. The van der Waals surface area contributed by atoms with Gasteiger partial charge in [0.25, 0.3) is 0 Å². The number of aromatic nitrogens is 2. The van der Waals surface area contributed by atoms with E-state index in [9.17, 15) is 4.79 Å². The Morgan fingerprint density at radius 2 is 2.40 bits per heavy atom. The van der Waals surface area contributed by atoms with E-state index in [1.54, 1.807) is 0 Å². The molecule has 5 heteroatoms. The van der Waals surface area contributed by atoms with Gasteiger partial charge in [-0.2, -0.15) is 0 Å². The predicted molar refractivity (Wildman–Crippen MR) is 76.2 cm³/mol. The SMILES string of the molecule is Cc1nc2cc(CNC(=O)[C@H]3CCOC3)ccc2n1C. The summed E-state index contributed by atoms with van der Waals surface area (Å²) < 4.78 is 7.29. The van der Waals surface area contributed by atoms with E-state index in [4.69, 9.17) is 4.74 Å². The van der Waals surface area contributed by atoms with E-state index in [2.05, 4.69) is 20.9 Å². The number of ether oxygens (including phenoxy) is 1. The van der Waals surface area contributed by atoms with Crippen molar-refractivity contribution in [2.45, 2.75) is 19.9 Å². The number of amides is 1. The number of hydrogen-bond donors (Lipinski definition) is 1. The molecule has 1 fully saturated rings. The van der Waals surface area contributed by atoms with Gasteiger partial charge in [0, 0.05) is 20.2 Å². The lowest BCUT2D eigenvalue weighted by Gasteiger charge is -2.09. The fourth-order valence-electron chi connectivity index (χ4n) is 2.55. The number of carbonyl (C=O) groups excluding carboxylic acids is 1. The summed E-state index contributed by atoms with van der Waals surface area (Å²) in [4.78, 5) is 16.4. The molecule has 1 atom stereocenters. The lowest BCUT2D eigenvalue weighted by molar-refractivity contribution is -0.125. The van der Waals surface area contributed by atoms with Crippen LogP contribution in [-0.4, -0.2) is 28.7 Å². The fraction of sp³-hybridized carbons (Fsp3) is 0.467. The van der Waals surface area contributed by atoms with E-state index in [-0.39, 0.29) is 11.8 Å². The molecule has 1 saturated heterocycles. The van der Waals surface area contributed by atoms with Crippen molar-refractivity contribution in [1.29, 1.82) is 0 Å². The molecule has 2 heterocycles. The van der Waals surface area contributed by atoms with E-state index in [0.29, 0.717) is 19.8 Å². The molecule has 0 bridgehead atoms. The third kappa shape index (κ3) is 2.41. The Morgan fingerprint density at radius 3 is 3.15 bits per heavy atom. The Morgan fingerprint density at radius 1 is 1.55 bits per heavy atom. The van der Waals surface area contributed by atoms with Crippen LogP contribution in [0.4, 0.5) is 0 Å². The molecule has 1 aromatic carbocycles. The largest absolute Gasteiger partial charge is 0.381 e. The summed E-state index contributed by atoms with van der Waals surface area (Å²) in [6.45, 7) is 3.77. The molecule has 0 saturated carbocycles. The normalized spacial score (nSPS) is 18.6. The molecule has 5 nitrogen and oxygen atoms in total. The molecule has 0 unspecified atom stereocenters. The van der Waals surface area contributed by atoms with Gasteiger partial charge in [-0.3, -0.25) is 4.79 Å². The maximum Gasteiger partial charge on any atom is 0.225 e. The van der Waals surface area contributed by atoms with Crippen LogP contribution in [0.1, 0.15) is 17.8 Å². The lowest BCUT2D eigenvalue weighted by atomic mass is 10.1. The molecule has 3 rings (SSSR count). The van der Waals surface area contributed by atoms with E-state index < -0.39 is 0 Å². The number of aryl methyl sites for hydroxylation is 2. The van der Waals surface area contributed by atoms with E-state index >= 15 is 0 Å². The molecule has 0 radical (unpaired) electrons. The minimum atomic E-state index is 0.0100. The zero-order chi connectivity index (χ0) is 14.1. The van der Waals surface area contributed by atoms with Crippen molar-refractivity contribution < 1.29 is 9.53 Å². The van der Waals surface area contributed by atoms with Crippen molar-refractivity contribution in [3.8, 4) is 0 Å². The van der Waals surface area contributed by atoms with Crippen LogP contribution in [0.15, 0.2) is 18.2 Å². The number of hydrogen-bond acceptors (Lipinski definition) is 3. The minimum absolute atomic E-state index is 0.0100. The maximum atomic E-state index is 11.9. The third-order valence-electron chi connectivity index (χ3n) is 3.94. The van der Waals surface area contributed by atoms with E-state index in [1.165, 1.54) is 0 Å². The summed E-state index contributed by atoms with van der Waals surface area (Å²) in [6, 6.07) is 6.12. The van der Waals surface area contributed by atoms with Crippen LogP contribution < -0.4 is 5.32 Å². The number of fused-ring (bicyclic) bond motifs is 1. The van der Waals surface area contributed by atoms with Gasteiger partial charge in [-0.15, -0.1) is 0 Å². The van der Waals surface area contributed by atoms with Crippen LogP contribution in [0.25, 0.3) is 11.0 Å². The topological polar surface area (TPSA) is 56.1 Å². The second kappa shape index (κ2) is 5.25. The number of nitrogens with one attached hydrogen (secondary N) is 1. The van der Waals surface area contributed by atoms with Crippen molar-refractivity contribution >= 4 is 16.9 Å². The maximum absolute atomic E-state index is 11.9. The van der Waals surface area contributed by atoms with Gasteiger partial charge in [-0.25, -0.2) is 4.98 Å². The van der Waals surface area contributed by atoms with Crippen molar-refractivity contribution in [2.24, 2.45) is 13.0 Å². The third-order valence-corrected chi connectivity index (χ3v) is 3.94. The molecular weight excluding hydrogens is 254 g/mol. The Bertz CT molecular complexity index is 642. The summed E-state index contributed by atoms with van der Waals surface area (Å²) in [5.41, 5.74) is 3.16. The zero-order valence-corrected chi connectivity index (χ0v) is 11.8. The molecular formula is C15H19N3O2. The van der Waals surface area contributed by atoms with Crippen molar-refractivity contribution in [3.05, 3.63) is 29.6 Å². The van der Waals surface area contributed by atoms with E-state index in [0.717, 1.165) is 28.8 Å². The number of carbonyl (C=O) groups is 1. The highest BCUT2D eigenvalue weighted by atomic mass is 16.5. The highest BCUT2D eigenvalue weighted by molar-refractivity contribution is 5.79. The van der Waals surface area contributed by atoms with Crippen LogP contribution in [0.2, 0.25) is 0 Å². The molecule has 2 aromatic rings. The molecule has 106 valence electrons. The molecule has 0 spiro atoms. The van der Waals surface area contributed by atoms with Crippen LogP contribution in [0, 0.1) is 12.8 Å². The highest BCUT2D eigenvalue weighted by Crippen LogP contribution is 2.17. The molecule has 1 aliphatic rings. The Labute approximate surface area is 117 Å². The van der Waals surface area contributed by atoms with Gasteiger partial charge in [-0.05, 0) is 31.0 Å². The average Bonchev–Trinajstić information content (AvgIpc) is 3.06. The molecule has 1 aliphatic heterocycles. The second-order valence-corrected chi connectivity index (χ2v) is 5.32. The quantitative estimate of drug-likeness (QED) is 0.922. The average molecular weight is 273 g/mol. The van der Waals surface area contributed by atoms with Gasteiger partial charge >= 0.3 is 0 Å². The first-order valence-corrected chi connectivity index (χ1v) is 6.92. The Balaban J connectivity index is 1.69. The van der Waals surface area contributed by atoms with Gasteiger partial charge in [0.05, 0.1) is 23.6 Å². The second-order valence-electron chi connectivity index (χ2n) is 5.32. The number of imidazole rings is 1. The van der Waals surface area contributed by atoms with E-state index in [1.807, 2.05) is 26.1 Å². The Hall–Kier alpha value is -1.88. The minimum Gasteiger partial charge on any atom is -0.381 e. The molecule has 20 heavy (non-hydrogen) atoms. The molecule has 1 N–H and O–H groups in total. The first-order valence-electron chi connectivity index (χ1n) is 6.92. The molecule has 1 aromatic heterocycles. The summed E-state index contributed by atoms with van der Waals surface area (Å²) in [5.74, 6) is 1.08. The zero-order valence-electron chi connectivity index (χ0n) is 11.8. The summed E-state index contributed by atoms with van der Waals surface area (Å²) in [5, 5.41) is 2.97. The number of rotatable bonds is 3. The van der Waals surface area contributed by atoms with Crippen molar-refractivity contribution in [2.75, 3.05) is 13.2 Å². The van der Waals surface area contributed by atoms with Gasteiger partial charge in [0.2, 0.25) is 5.91 Å². The smallest absolute Gasteiger partial charge is 0.225 e. The van der Waals surface area contributed by atoms with Crippen LogP contribution in [-0.2, 0) is 23.1 Å². The predicted octanol–water partition coefficient (Wildman–Crippen LogP) is 1.53. The summed E-state index contributed by atoms with van der Waals surface area (Å²) >= 11 is 0. The number of benzene rings is 1. The summed E-state index contributed by atoms with van der Waals surface area (Å²) in [7, 11) is 2.01. The van der Waals surface area contributed by atoms with Gasteiger partial charge in [0.15, 0.2) is 0 Å². The Kier molecular flexibility index (Phi) is 3.44. The van der Waals surface area contributed by atoms with Crippen LogP contribution >= 0.6 is 0 Å². The fourth-order valence-corrected chi connectivity index (χ4v) is 2.55. The first-order chi connectivity index (χ1) is 9.65. The highest BCUT2D eigenvalue weighted by Gasteiger charge is 2.22. The standard InChI is InChI=1S/C15H19N3O2/c1-10-17-13-7-11(3-4-14(13)18(10)2)8-16-15(19)12-5-6-20-9-12/h3-4,7,12H,5-6,8-9H2,1-2H3,(H,16,19)/t12-/m0/s1. The van der Waals surface area contributed by atoms with Gasteiger partial charge in [0.1, 0.15) is 5.82 Å². The van der Waals surface area contributed by atoms with Gasteiger partial charge in [-0.1, -0.05) is 6.07 Å². The van der Waals surface area contributed by atoms with Crippen molar-refractivity contribution in [1.82, 2.24) is 14.9 Å². The monoisotopic (exact) mass is 273 g/mol. The number of nitrogens with zero attached hydrogens (tertiary/aromatic N) is 2. The molecule has 0 aliphatic carbocycles.